The second kappa shape index (κ2) is 3.51. The summed E-state index contributed by atoms with van der Waals surface area (Å²) in [4.78, 5) is 0. The van der Waals surface area contributed by atoms with Crippen molar-refractivity contribution in [2.45, 2.75) is 35.9 Å². The molecule has 0 aromatic heterocycles. The van der Waals surface area contributed by atoms with Gasteiger partial charge in [0.15, 0.2) is 13.5 Å². The molecule has 0 saturated heterocycles. The molecule has 0 radical (unpaired) electrons. The van der Waals surface area contributed by atoms with Crippen LogP contribution in [-0.4, -0.2) is 29.5 Å². The molecule has 1 aliphatic rings. The van der Waals surface area contributed by atoms with E-state index in [1.807, 2.05) is 0 Å². The zero-order valence-electron chi connectivity index (χ0n) is 7.83. The minimum Gasteiger partial charge on any atom is -0.390 e. The normalized spacial score (nSPS) is 25.2. The van der Waals surface area contributed by atoms with Crippen molar-refractivity contribution >= 4 is 25.8 Å². The predicted molar refractivity (Wildman–Crippen MR) is 55.5 cm³/mol. The van der Waals surface area contributed by atoms with E-state index < -0.39 is 19.6 Å². The summed E-state index contributed by atoms with van der Waals surface area (Å²) in [6.45, 7) is 1.77. The molecule has 2 atom stereocenters. The van der Waals surface area contributed by atoms with Crippen molar-refractivity contribution in [3.8, 4) is 0 Å². The molecule has 3 nitrogen and oxygen atoms in total. The van der Waals surface area contributed by atoms with Crippen LogP contribution in [0.15, 0.2) is 0 Å². The highest BCUT2D eigenvalue weighted by molar-refractivity contribution is 9.11. The minimum absolute atomic E-state index is 0.161. The van der Waals surface area contributed by atoms with Gasteiger partial charge in [-0.15, -0.1) is 0 Å². The Morgan fingerprint density at radius 2 is 2.08 bits per heavy atom. The topological polar surface area (TPSA) is 54.4 Å². The average Bonchev–Trinajstić information content (AvgIpc) is 2.81. The molecule has 1 fully saturated rings. The number of hydrogen-bond donors (Lipinski definition) is 1. The van der Waals surface area contributed by atoms with Gasteiger partial charge in [0.25, 0.3) is 0 Å². The van der Waals surface area contributed by atoms with Gasteiger partial charge in [-0.25, -0.2) is 8.42 Å². The lowest BCUT2D eigenvalue weighted by Gasteiger charge is -2.29. The summed E-state index contributed by atoms with van der Waals surface area (Å²) in [6.07, 6.45) is 2.65. The zero-order valence-corrected chi connectivity index (χ0v) is 10.2. The maximum absolute atomic E-state index is 11.5. The largest absolute Gasteiger partial charge is 0.390 e. The van der Waals surface area contributed by atoms with Crippen LogP contribution in [0.5, 0.6) is 0 Å². The van der Waals surface area contributed by atoms with E-state index in [-0.39, 0.29) is 5.92 Å². The van der Waals surface area contributed by atoms with Crippen LogP contribution in [0.1, 0.15) is 26.2 Å². The molecule has 0 amide bonds. The molecular weight excluding hydrogens is 256 g/mol. The van der Waals surface area contributed by atoms with E-state index in [4.69, 9.17) is 0 Å². The fourth-order valence-electron chi connectivity index (χ4n) is 1.45. The Kier molecular flexibility index (Phi) is 3.10. The smallest absolute Gasteiger partial charge is 0.165 e. The van der Waals surface area contributed by atoms with Gasteiger partial charge in [-0.3, -0.25) is 0 Å². The highest BCUT2D eigenvalue weighted by atomic mass is 79.9. The van der Waals surface area contributed by atoms with Gasteiger partial charge in [-0.1, -0.05) is 22.9 Å². The highest BCUT2D eigenvalue weighted by Gasteiger charge is 2.49. The summed E-state index contributed by atoms with van der Waals surface area (Å²) in [5.74, 6) is 0.161. The van der Waals surface area contributed by atoms with Gasteiger partial charge in [-0.05, 0) is 25.2 Å². The lowest BCUT2D eigenvalue weighted by atomic mass is 10.1. The summed E-state index contributed by atoms with van der Waals surface area (Å²) >= 11 is 3.17. The van der Waals surface area contributed by atoms with Crippen LogP contribution in [0.4, 0.5) is 0 Å². The molecular formula is C8H15BrO3S. The minimum atomic E-state index is -3.25. The zero-order chi connectivity index (χ0) is 10.3. The predicted octanol–water partition coefficient (Wildman–Crippen LogP) is 1.30. The fourth-order valence-corrected chi connectivity index (χ4v) is 2.98. The molecule has 0 heterocycles. The number of halogens is 1. The summed E-state index contributed by atoms with van der Waals surface area (Å²) < 4.78 is 21.8. The van der Waals surface area contributed by atoms with Gasteiger partial charge in [0.1, 0.15) is 0 Å². The first kappa shape index (κ1) is 11.5. The molecule has 5 heteroatoms. The fraction of sp³-hybridized carbons (Fsp3) is 1.00. The first-order chi connectivity index (χ1) is 5.83. The number of sulfone groups is 1. The average molecular weight is 271 g/mol. The van der Waals surface area contributed by atoms with E-state index in [1.54, 1.807) is 6.92 Å². The third-order valence-corrected chi connectivity index (χ3v) is 7.17. The van der Waals surface area contributed by atoms with Crippen LogP contribution in [0.3, 0.4) is 0 Å². The van der Waals surface area contributed by atoms with Gasteiger partial charge in [0, 0.05) is 6.26 Å². The van der Waals surface area contributed by atoms with Gasteiger partial charge in [-0.2, -0.15) is 0 Å². The lowest BCUT2D eigenvalue weighted by Crippen LogP contribution is -2.44. The molecule has 1 N–H and O–H groups in total. The quantitative estimate of drug-likeness (QED) is 0.784. The Morgan fingerprint density at radius 1 is 1.62 bits per heavy atom. The van der Waals surface area contributed by atoms with Gasteiger partial charge in [0.05, 0.1) is 6.10 Å². The second-order valence-electron chi connectivity index (χ2n) is 3.69. The molecule has 0 aromatic rings. The third kappa shape index (κ3) is 2.07. The third-order valence-electron chi connectivity index (χ3n) is 2.61. The molecule has 0 spiro atoms. The maximum atomic E-state index is 11.5. The van der Waals surface area contributed by atoms with E-state index in [0.29, 0.717) is 6.42 Å². The van der Waals surface area contributed by atoms with Crippen LogP contribution >= 0.6 is 15.9 Å². The van der Waals surface area contributed by atoms with Crippen LogP contribution in [0, 0.1) is 5.92 Å². The number of alkyl halides is 1. The summed E-state index contributed by atoms with van der Waals surface area (Å²) in [7, 11) is -3.25. The Bertz CT molecular complexity index is 284. The monoisotopic (exact) mass is 270 g/mol. The molecule has 1 saturated carbocycles. The van der Waals surface area contributed by atoms with Crippen LogP contribution < -0.4 is 0 Å². The maximum Gasteiger partial charge on any atom is 0.165 e. The SMILES string of the molecule is CC[C@@](Br)([C@H](O)C1CC1)S(C)(=O)=O. The molecule has 0 unspecified atom stereocenters. The molecule has 0 aromatic carbocycles. The standard InChI is InChI=1S/C8H15BrO3S/c1-3-8(9,13(2,11)12)7(10)6-4-5-6/h6-7,10H,3-5H2,1-2H3/t7-,8+/m1/s1. The Labute approximate surface area is 87.6 Å². The molecule has 1 aliphatic carbocycles. The van der Waals surface area contributed by atoms with Crippen molar-refractivity contribution < 1.29 is 13.5 Å². The lowest BCUT2D eigenvalue weighted by molar-refractivity contribution is 0.135. The van der Waals surface area contributed by atoms with E-state index in [2.05, 4.69) is 15.9 Å². The van der Waals surface area contributed by atoms with E-state index in [0.717, 1.165) is 19.1 Å². The molecule has 0 bridgehead atoms. The van der Waals surface area contributed by atoms with Crippen molar-refractivity contribution in [1.82, 2.24) is 0 Å². The summed E-state index contributed by atoms with van der Waals surface area (Å²) in [6, 6.07) is 0. The van der Waals surface area contributed by atoms with Crippen molar-refractivity contribution in [2.75, 3.05) is 6.26 Å². The molecule has 13 heavy (non-hydrogen) atoms. The first-order valence-electron chi connectivity index (χ1n) is 4.39. The highest BCUT2D eigenvalue weighted by Crippen LogP contribution is 2.44. The number of rotatable bonds is 4. The Morgan fingerprint density at radius 3 is 2.31 bits per heavy atom. The Hall–Kier alpha value is 0.390. The van der Waals surface area contributed by atoms with Crippen LogP contribution in [-0.2, 0) is 9.84 Å². The van der Waals surface area contributed by atoms with Crippen LogP contribution in [0.25, 0.3) is 0 Å². The summed E-state index contributed by atoms with van der Waals surface area (Å²) in [5.41, 5.74) is 0. The molecule has 0 aliphatic heterocycles. The van der Waals surface area contributed by atoms with E-state index >= 15 is 0 Å². The van der Waals surface area contributed by atoms with Gasteiger partial charge < -0.3 is 5.11 Å². The molecule has 78 valence electrons. The van der Waals surface area contributed by atoms with Crippen molar-refractivity contribution in [3.63, 3.8) is 0 Å². The van der Waals surface area contributed by atoms with E-state index in [1.165, 1.54) is 0 Å². The number of hydrogen-bond acceptors (Lipinski definition) is 3. The van der Waals surface area contributed by atoms with Crippen molar-refractivity contribution in [2.24, 2.45) is 5.92 Å². The van der Waals surface area contributed by atoms with Crippen molar-refractivity contribution in [3.05, 3.63) is 0 Å². The first-order valence-corrected chi connectivity index (χ1v) is 7.08. The van der Waals surface area contributed by atoms with Gasteiger partial charge >= 0.3 is 0 Å². The van der Waals surface area contributed by atoms with E-state index in [9.17, 15) is 13.5 Å². The van der Waals surface area contributed by atoms with Crippen LogP contribution in [0.2, 0.25) is 0 Å². The Balaban J connectivity index is 2.91. The van der Waals surface area contributed by atoms with Gasteiger partial charge in [0.2, 0.25) is 0 Å². The van der Waals surface area contributed by atoms with Crippen molar-refractivity contribution in [1.29, 1.82) is 0 Å². The second-order valence-corrected chi connectivity index (χ2v) is 7.91. The number of aliphatic hydroxyl groups excluding tert-OH is 1. The number of aliphatic hydroxyl groups is 1. The molecule has 1 rings (SSSR count). The summed E-state index contributed by atoms with van der Waals surface area (Å²) in [5, 5.41) is 9.82.